The monoisotopic (exact) mass is 310 g/mol. The maximum Gasteiger partial charge on any atom is 0.323 e. The predicted octanol–water partition coefficient (Wildman–Crippen LogP) is 2.24. The van der Waals surface area contributed by atoms with Crippen molar-refractivity contribution in [3.05, 3.63) is 29.3 Å². The minimum absolute atomic E-state index is 0.0244. The first-order valence-electron chi connectivity index (χ1n) is 7.02. The smallest absolute Gasteiger partial charge is 0.323 e. The van der Waals surface area contributed by atoms with Crippen molar-refractivity contribution in [1.82, 2.24) is 4.90 Å². The molecule has 1 N–H and O–H groups in total. The number of anilines is 1. The number of aliphatic carboxylic acids is 1. The molecule has 1 amide bonds. The number of halogens is 1. The van der Waals surface area contributed by atoms with E-state index in [0.717, 1.165) is 25.9 Å². The number of nitrogens with zero attached hydrogens (tertiary/aromatic N) is 2. The van der Waals surface area contributed by atoms with Crippen molar-refractivity contribution in [1.29, 1.82) is 0 Å². The molecule has 21 heavy (non-hydrogen) atoms. The van der Waals surface area contributed by atoms with E-state index in [-0.39, 0.29) is 12.5 Å². The number of benzene rings is 1. The van der Waals surface area contributed by atoms with Gasteiger partial charge in [0.25, 0.3) is 0 Å². The summed E-state index contributed by atoms with van der Waals surface area (Å²) in [6.07, 6.45) is 2.02. The summed E-state index contributed by atoms with van der Waals surface area (Å²) in [4.78, 5) is 27.0. The van der Waals surface area contributed by atoms with Crippen LogP contribution in [0.1, 0.15) is 19.8 Å². The van der Waals surface area contributed by atoms with Gasteiger partial charge in [-0.3, -0.25) is 9.59 Å². The summed E-state index contributed by atoms with van der Waals surface area (Å²) in [6.45, 7) is 3.04. The van der Waals surface area contributed by atoms with E-state index in [1.54, 1.807) is 41.0 Å². The molecular weight excluding hydrogens is 292 g/mol. The number of carboxylic acids is 1. The van der Waals surface area contributed by atoms with Crippen LogP contribution in [0, 0.1) is 0 Å². The van der Waals surface area contributed by atoms with Crippen LogP contribution in [0.25, 0.3) is 0 Å². The fourth-order valence-corrected chi connectivity index (χ4v) is 2.69. The summed E-state index contributed by atoms with van der Waals surface area (Å²) in [6, 6.07) is 6.34. The van der Waals surface area contributed by atoms with E-state index in [1.807, 2.05) is 0 Å². The summed E-state index contributed by atoms with van der Waals surface area (Å²) in [5.74, 6) is -0.991. The summed E-state index contributed by atoms with van der Waals surface area (Å²) in [5.41, 5.74) is 0.682. The van der Waals surface area contributed by atoms with Crippen LogP contribution in [0.15, 0.2) is 24.3 Å². The van der Waals surface area contributed by atoms with Crippen molar-refractivity contribution >= 4 is 29.2 Å². The van der Waals surface area contributed by atoms with Crippen LogP contribution in [0.3, 0.4) is 0 Å². The number of hydrogen-bond acceptors (Lipinski definition) is 3. The number of carbonyl (C=O) groups excluding carboxylic acids is 1. The Bertz CT molecular complexity index is 512. The second-order valence-corrected chi connectivity index (χ2v) is 5.64. The summed E-state index contributed by atoms with van der Waals surface area (Å²) in [7, 11) is 0. The maximum absolute atomic E-state index is 12.5. The minimum Gasteiger partial charge on any atom is -0.480 e. The van der Waals surface area contributed by atoms with E-state index >= 15 is 0 Å². The molecule has 1 fully saturated rings. The fraction of sp³-hybridized carbons (Fsp3) is 0.467. The zero-order valence-corrected chi connectivity index (χ0v) is 12.7. The van der Waals surface area contributed by atoms with Gasteiger partial charge in [-0.25, -0.2) is 0 Å². The van der Waals surface area contributed by atoms with Crippen LogP contribution in [0.5, 0.6) is 0 Å². The molecule has 1 unspecified atom stereocenters. The van der Waals surface area contributed by atoms with E-state index in [1.165, 1.54) is 0 Å². The molecule has 1 aliphatic rings. The van der Waals surface area contributed by atoms with Crippen LogP contribution in [-0.4, -0.2) is 47.6 Å². The van der Waals surface area contributed by atoms with E-state index in [2.05, 4.69) is 0 Å². The molecule has 114 valence electrons. The first-order valence-corrected chi connectivity index (χ1v) is 7.39. The van der Waals surface area contributed by atoms with E-state index < -0.39 is 12.0 Å². The molecule has 5 nitrogen and oxygen atoms in total. The molecule has 0 aliphatic carbocycles. The minimum atomic E-state index is -0.967. The lowest BCUT2D eigenvalue weighted by Gasteiger charge is -2.31. The molecule has 1 aromatic rings. The molecule has 0 bridgehead atoms. The van der Waals surface area contributed by atoms with Crippen molar-refractivity contribution in [3.63, 3.8) is 0 Å². The highest BCUT2D eigenvalue weighted by Crippen LogP contribution is 2.22. The molecule has 1 aromatic carbocycles. The quantitative estimate of drug-likeness (QED) is 0.906. The third-order valence-corrected chi connectivity index (χ3v) is 3.96. The van der Waals surface area contributed by atoms with Crippen LogP contribution in [-0.2, 0) is 9.59 Å². The number of amides is 1. The predicted molar refractivity (Wildman–Crippen MR) is 81.7 cm³/mol. The molecule has 6 heteroatoms. The number of rotatable bonds is 5. The Morgan fingerprint density at radius 1 is 1.29 bits per heavy atom. The van der Waals surface area contributed by atoms with Gasteiger partial charge in [0.1, 0.15) is 12.6 Å². The average molecular weight is 311 g/mol. The normalized spacial score (nSPS) is 15.8. The van der Waals surface area contributed by atoms with Crippen LogP contribution in [0.2, 0.25) is 5.02 Å². The second kappa shape index (κ2) is 6.80. The van der Waals surface area contributed by atoms with Crippen molar-refractivity contribution < 1.29 is 14.7 Å². The molecule has 0 radical (unpaired) electrons. The molecule has 0 aromatic heterocycles. The lowest BCUT2D eigenvalue weighted by atomic mass is 10.2. The summed E-state index contributed by atoms with van der Waals surface area (Å²) >= 11 is 5.86. The standard InChI is InChI=1S/C15H19ClN2O3/c1-11(15(21)17-8-2-3-9-17)18(10-14(19)20)13-6-4-12(16)5-7-13/h4-7,11H,2-3,8-10H2,1H3,(H,19,20). The van der Waals surface area contributed by atoms with Crippen LogP contribution >= 0.6 is 11.6 Å². The molecule has 1 heterocycles. The SMILES string of the molecule is CC(C(=O)N1CCCC1)N(CC(=O)O)c1ccc(Cl)cc1. The molecule has 2 rings (SSSR count). The molecule has 0 spiro atoms. The Kier molecular flexibility index (Phi) is 5.07. The van der Waals surface area contributed by atoms with Crippen molar-refractivity contribution in [2.45, 2.75) is 25.8 Å². The van der Waals surface area contributed by atoms with Gasteiger partial charge in [-0.1, -0.05) is 11.6 Å². The Balaban J connectivity index is 2.19. The zero-order valence-electron chi connectivity index (χ0n) is 12.0. The molecule has 1 saturated heterocycles. The van der Waals surface area contributed by atoms with Gasteiger partial charge in [0, 0.05) is 23.8 Å². The van der Waals surface area contributed by atoms with Gasteiger partial charge in [-0.2, -0.15) is 0 Å². The van der Waals surface area contributed by atoms with Gasteiger partial charge in [-0.05, 0) is 44.0 Å². The van der Waals surface area contributed by atoms with Gasteiger partial charge in [0.15, 0.2) is 0 Å². The lowest BCUT2D eigenvalue weighted by molar-refractivity contribution is -0.135. The Hall–Kier alpha value is -1.75. The number of hydrogen-bond donors (Lipinski definition) is 1. The van der Waals surface area contributed by atoms with Gasteiger partial charge in [0.05, 0.1) is 0 Å². The highest BCUT2D eigenvalue weighted by atomic mass is 35.5. The van der Waals surface area contributed by atoms with Gasteiger partial charge in [0.2, 0.25) is 5.91 Å². The first kappa shape index (κ1) is 15.6. The van der Waals surface area contributed by atoms with E-state index in [4.69, 9.17) is 16.7 Å². The Labute approximate surface area is 129 Å². The van der Waals surface area contributed by atoms with Crippen LogP contribution in [0.4, 0.5) is 5.69 Å². The van der Waals surface area contributed by atoms with Crippen molar-refractivity contribution in [2.75, 3.05) is 24.5 Å². The Morgan fingerprint density at radius 2 is 1.86 bits per heavy atom. The average Bonchev–Trinajstić information content (AvgIpc) is 2.98. The molecule has 0 saturated carbocycles. The second-order valence-electron chi connectivity index (χ2n) is 5.21. The van der Waals surface area contributed by atoms with E-state index in [0.29, 0.717) is 10.7 Å². The molecular formula is C15H19ClN2O3. The Morgan fingerprint density at radius 3 is 2.38 bits per heavy atom. The maximum atomic E-state index is 12.5. The zero-order chi connectivity index (χ0) is 15.4. The fourth-order valence-electron chi connectivity index (χ4n) is 2.57. The van der Waals surface area contributed by atoms with E-state index in [9.17, 15) is 9.59 Å². The third kappa shape index (κ3) is 3.88. The third-order valence-electron chi connectivity index (χ3n) is 3.71. The van der Waals surface area contributed by atoms with Crippen molar-refractivity contribution in [2.24, 2.45) is 0 Å². The number of carbonyl (C=O) groups is 2. The van der Waals surface area contributed by atoms with Gasteiger partial charge >= 0.3 is 5.97 Å². The van der Waals surface area contributed by atoms with Gasteiger partial charge in [-0.15, -0.1) is 0 Å². The highest BCUT2D eigenvalue weighted by Gasteiger charge is 2.29. The molecule has 1 aliphatic heterocycles. The topological polar surface area (TPSA) is 60.9 Å². The largest absolute Gasteiger partial charge is 0.480 e. The highest BCUT2D eigenvalue weighted by molar-refractivity contribution is 6.30. The number of carboxylic acid groups (broad SMARTS) is 1. The van der Waals surface area contributed by atoms with Crippen molar-refractivity contribution in [3.8, 4) is 0 Å². The summed E-state index contributed by atoms with van der Waals surface area (Å²) < 4.78 is 0. The summed E-state index contributed by atoms with van der Waals surface area (Å²) in [5, 5.41) is 9.68. The first-order chi connectivity index (χ1) is 9.99. The number of likely N-dealkylation sites (tertiary alicyclic amines) is 1. The van der Waals surface area contributed by atoms with Crippen LogP contribution < -0.4 is 4.90 Å². The van der Waals surface area contributed by atoms with Gasteiger partial charge < -0.3 is 14.9 Å². The molecule has 1 atom stereocenters. The lowest BCUT2D eigenvalue weighted by Crippen LogP contribution is -2.48.